The summed E-state index contributed by atoms with van der Waals surface area (Å²) in [6, 6.07) is 8.29. The molecule has 2 amide bonds. The van der Waals surface area contributed by atoms with Gasteiger partial charge in [0, 0.05) is 16.4 Å². The van der Waals surface area contributed by atoms with Crippen LogP contribution in [-0.4, -0.2) is 49.8 Å². The minimum atomic E-state index is -3.79. The first kappa shape index (κ1) is 22.0. The molecule has 0 radical (unpaired) electrons. The first-order valence-corrected chi connectivity index (χ1v) is 10.5. The number of carbonyl (C=O) groups is 2. The molecule has 0 fully saturated rings. The summed E-state index contributed by atoms with van der Waals surface area (Å²) in [5, 5.41) is 10.4. The second kappa shape index (κ2) is 9.24. The van der Waals surface area contributed by atoms with Gasteiger partial charge in [0.05, 0.1) is 17.5 Å². The predicted molar refractivity (Wildman–Crippen MR) is 109 cm³/mol. The number of pyridine rings is 1. The second-order valence-electron chi connectivity index (χ2n) is 6.06. The first-order chi connectivity index (χ1) is 13.1. The van der Waals surface area contributed by atoms with Gasteiger partial charge in [0.25, 0.3) is 0 Å². The lowest BCUT2D eigenvalue weighted by Gasteiger charge is -2.23. The molecule has 1 atom stereocenters. The highest BCUT2D eigenvalue weighted by molar-refractivity contribution is 9.10. The van der Waals surface area contributed by atoms with Gasteiger partial charge in [-0.15, -0.1) is 0 Å². The molecule has 11 heteroatoms. The minimum absolute atomic E-state index is 0.0172. The van der Waals surface area contributed by atoms with Gasteiger partial charge in [-0.2, -0.15) is 0 Å². The number of anilines is 2. The largest absolute Gasteiger partial charge is 0.325 e. The van der Waals surface area contributed by atoms with Crippen LogP contribution in [0, 0.1) is 0 Å². The first-order valence-electron chi connectivity index (χ1n) is 8.11. The summed E-state index contributed by atoms with van der Waals surface area (Å²) in [6.07, 6.45) is 1.57. The molecule has 0 bridgehead atoms. The van der Waals surface area contributed by atoms with E-state index in [1.165, 1.54) is 24.3 Å². The Hall–Kier alpha value is -2.34. The number of hydrogen-bond donors (Lipinski definition) is 3. The molecule has 1 unspecified atom stereocenters. The van der Waals surface area contributed by atoms with Crippen molar-refractivity contribution in [1.29, 1.82) is 0 Å². The number of nitrogens with two attached hydrogens (primary N) is 1. The van der Waals surface area contributed by atoms with Crippen molar-refractivity contribution in [1.82, 2.24) is 9.88 Å². The van der Waals surface area contributed by atoms with Crippen LogP contribution in [0.15, 0.2) is 52.0 Å². The van der Waals surface area contributed by atoms with Gasteiger partial charge in [-0.3, -0.25) is 14.5 Å². The Labute approximate surface area is 171 Å². The van der Waals surface area contributed by atoms with Gasteiger partial charge in [-0.25, -0.2) is 18.5 Å². The molecule has 1 heterocycles. The number of rotatable bonds is 7. The van der Waals surface area contributed by atoms with E-state index in [-0.39, 0.29) is 23.3 Å². The summed E-state index contributed by atoms with van der Waals surface area (Å²) in [6.45, 7) is 1.63. The fourth-order valence-electron chi connectivity index (χ4n) is 2.17. The highest BCUT2D eigenvalue weighted by Crippen LogP contribution is 2.14. The van der Waals surface area contributed by atoms with Crippen LogP contribution in [0.25, 0.3) is 0 Å². The third-order valence-electron chi connectivity index (χ3n) is 3.88. The molecule has 2 aromatic rings. The number of carbonyl (C=O) groups excluding carboxylic acids is 2. The molecule has 2 rings (SSSR count). The van der Waals surface area contributed by atoms with E-state index < -0.39 is 16.1 Å². The molecular weight excluding hydrogens is 450 g/mol. The zero-order valence-electron chi connectivity index (χ0n) is 15.2. The van der Waals surface area contributed by atoms with Crippen LogP contribution in [-0.2, 0) is 19.6 Å². The molecule has 1 aromatic carbocycles. The lowest BCUT2D eigenvalue weighted by atomic mass is 10.2. The van der Waals surface area contributed by atoms with E-state index in [9.17, 15) is 18.0 Å². The van der Waals surface area contributed by atoms with Crippen molar-refractivity contribution in [3.63, 3.8) is 0 Å². The number of halogens is 1. The van der Waals surface area contributed by atoms with Crippen molar-refractivity contribution in [2.75, 3.05) is 24.2 Å². The van der Waals surface area contributed by atoms with E-state index in [1.807, 2.05) is 0 Å². The molecule has 1 aromatic heterocycles. The molecule has 0 saturated carbocycles. The van der Waals surface area contributed by atoms with Gasteiger partial charge < -0.3 is 10.6 Å². The normalized spacial score (nSPS) is 12.5. The van der Waals surface area contributed by atoms with Crippen LogP contribution < -0.4 is 15.8 Å². The molecule has 0 spiro atoms. The summed E-state index contributed by atoms with van der Waals surface area (Å²) >= 11 is 3.26. The predicted octanol–water partition coefficient (Wildman–Crippen LogP) is 1.39. The summed E-state index contributed by atoms with van der Waals surface area (Å²) in [5.41, 5.74) is 0.418. The molecule has 0 aliphatic rings. The second-order valence-corrected chi connectivity index (χ2v) is 8.54. The van der Waals surface area contributed by atoms with Gasteiger partial charge in [0.2, 0.25) is 21.8 Å². The van der Waals surface area contributed by atoms with Crippen LogP contribution in [0.3, 0.4) is 0 Å². The Kier molecular flexibility index (Phi) is 7.24. The fourth-order valence-corrected chi connectivity index (χ4v) is 2.92. The monoisotopic (exact) mass is 469 g/mol. The van der Waals surface area contributed by atoms with Gasteiger partial charge in [-0.05, 0) is 66.3 Å². The molecule has 28 heavy (non-hydrogen) atoms. The zero-order valence-corrected chi connectivity index (χ0v) is 17.6. The number of primary sulfonamides is 1. The maximum Gasteiger partial charge on any atom is 0.241 e. The summed E-state index contributed by atoms with van der Waals surface area (Å²) in [5.74, 6) is -0.247. The zero-order chi connectivity index (χ0) is 20.9. The van der Waals surface area contributed by atoms with E-state index in [2.05, 4.69) is 31.5 Å². The van der Waals surface area contributed by atoms with Crippen LogP contribution in [0.5, 0.6) is 0 Å². The number of benzene rings is 1. The van der Waals surface area contributed by atoms with Crippen LogP contribution in [0.4, 0.5) is 11.5 Å². The Morgan fingerprint density at radius 2 is 1.82 bits per heavy atom. The smallest absolute Gasteiger partial charge is 0.241 e. The van der Waals surface area contributed by atoms with Crippen molar-refractivity contribution in [2.45, 2.75) is 17.9 Å². The van der Waals surface area contributed by atoms with Gasteiger partial charge >= 0.3 is 0 Å². The lowest BCUT2D eigenvalue weighted by molar-refractivity contribution is -0.122. The molecule has 0 saturated heterocycles. The van der Waals surface area contributed by atoms with Crippen LogP contribution in [0.1, 0.15) is 6.92 Å². The third kappa shape index (κ3) is 6.37. The summed E-state index contributed by atoms with van der Waals surface area (Å²) in [4.78, 5) is 30.1. The number of nitrogens with one attached hydrogen (secondary N) is 2. The molecule has 9 nitrogen and oxygen atoms in total. The van der Waals surface area contributed by atoms with Crippen molar-refractivity contribution >= 4 is 49.3 Å². The quantitative estimate of drug-likeness (QED) is 0.560. The number of nitrogens with zero attached hydrogens (tertiary/aromatic N) is 2. The maximum atomic E-state index is 12.4. The van der Waals surface area contributed by atoms with E-state index in [0.29, 0.717) is 11.5 Å². The average molecular weight is 470 g/mol. The van der Waals surface area contributed by atoms with Crippen molar-refractivity contribution in [3.05, 3.63) is 47.1 Å². The molecule has 0 aliphatic carbocycles. The Balaban J connectivity index is 1.90. The van der Waals surface area contributed by atoms with E-state index in [1.54, 1.807) is 37.2 Å². The third-order valence-corrected chi connectivity index (χ3v) is 5.28. The maximum absolute atomic E-state index is 12.4. The lowest BCUT2D eigenvalue weighted by Crippen LogP contribution is -2.43. The highest BCUT2D eigenvalue weighted by atomic mass is 79.9. The molecular formula is C17H20BrN5O4S. The van der Waals surface area contributed by atoms with Crippen molar-refractivity contribution in [2.24, 2.45) is 5.14 Å². The number of aromatic nitrogens is 1. The molecule has 0 aliphatic heterocycles. The Morgan fingerprint density at radius 1 is 1.18 bits per heavy atom. The Morgan fingerprint density at radius 3 is 2.36 bits per heavy atom. The highest BCUT2D eigenvalue weighted by Gasteiger charge is 2.20. The standard InChI is InChI=1S/C17H20BrN5O4S/c1-11(17(25)21-13-4-6-14(7-5-13)28(19,26)27)23(2)10-16(24)22-15-8-3-12(18)9-20-15/h3-9,11H,10H2,1-2H3,(H,21,25)(H2,19,26,27)(H,20,22,24). The number of sulfonamides is 1. The van der Waals surface area contributed by atoms with E-state index in [4.69, 9.17) is 5.14 Å². The SMILES string of the molecule is CC(C(=O)Nc1ccc(S(N)(=O)=O)cc1)N(C)CC(=O)Nc1ccc(Br)cn1. The minimum Gasteiger partial charge on any atom is -0.325 e. The van der Waals surface area contributed by atoms with Crippen LogP contribution in [0.2, 0.25) is 0 Å². The molecule has 150 valence electrons. The number of hydrogen-bond acceptors (Lipinski definition) is 6. The van der Waals surface area contributed by atoms with Crippen LogP contribution >= 0.6 is 15.9 Å². The Bertz CT molecular complexity index is 949. The summed E-state index contributed by atoms with van der Waals surface area (Å²) < 4.78 is 23.3. The summed E-state index contributed by atoms with van der Waals surface area (Å²) in [7, 11) is -2.15. The van der Waals surface area contributed by atoms with Gasteiger partial charge in [-0.1, -0.05) is 0 Å². The fraction of sp³-hybridized carbons (Fsp3) is 0.235. The topological polar surface area (TPSA) is 134 Å². The van der Waals surface area contributed by atoms with Gasteiger partial charge in [0.15, 0.2) is 0 Å². The van der Waals surface area contributed by atoms with Crippen molar-refractivity contribution in [3.8, 4) is 0 Å². The van der Waals surface area contributed by atoms with E-state index in [0.717, 1.165) is 4.47 Å². The van der Waals surface area contributed by atoms with Gasteiger partial charge in [0.1, 0.15) is 5.82 Å². The molecule has 4 N–H and O–H groups in total. The number of amides is 2. The average Bonchev–Trinajstić information content (AvgIpc) is 2.62. The number of likely N-dealkylation sites (N-methyl/N-ethyl adjacent to an activating group) is 1. The van der Waals surface area contributed by atoms with Crippen molar-refractivity contribution < 1.29 is 18.0 Å². The van der Waals surface area contributed by atoms with E-state index >= 15 is 0 Å².